The first-order valence-electron chi connectivity index (χ1n) is 6.96. The second kappa shape index (κ2) is 8.17. The van der Waals surface area contributed by atoms with E-state index in [9.17, 15) is 14.4 Å². The maximum Gasteiger partial charge on any atom is 0.342 e. The Morgan fingerprint density at radius 3 is 2.41 bits per heavy atom. The monoisotopic (exact) mass is 308 g/mol. The lowest BCUT2D eigenvalue weighted by molar-refractivity contribution is -0.155. The highest BCUT2D eigenvalue weighted by atomic mass is 16.6. The molecule has 22 heavy (non-hydrogen) atoms. The van der Waals surface area contributed by atoms with Gasteiger partial charge in [0.2, 0.25) is 0 Å². The molecule has 1 aromatic rings. The number of benzene rings is 1. The fraction of sp³-hybridized carbons (Fsp3) is 0.438. The number of rotatable bonds is 8. The summed E-state index contributed by atoms with van der Waals surface area (Å²) in [7, 11) is 0. The summed E-state index contributed by atoms with van der Waals surface area (Å²) >= 11 is 0. The highest BCUT2D eigenvalue weighted by Crippen LogP contribution is 2.21. The first kappa shape index (κ1) is 17.7. The molecule has 0 bridgehead atoms. The summed E-state index contributed by atoms with van der Waals surface area (Å²) in [5.41, 5.74) is -0.427. The van der Waals surface area contributed by atoms with Crippen molar-refractivity contribution in [2.45, 2.75) is 27.2 Å². The number of esters is 2. The van der Waals surface area contributed by atoms with Gasteiger partial charge in [0, 0.05) is 0 Å². The molecule has 120 valence electrons. The highest BCUT2D eigenvalue weighted by molar-refractivity contribution is 5.92. The second-order valence-electron chi connectivity index (χ2n) is 5.22. The lowest BCUT2D eigenvalue weighted by Gasteiger charge is -2.20. The van der Waals surface area contributed by atoms with Crippen molar-refractivity contribution >= 4 is 18.4 Å². The average molecular weight is 308 g/mol. The van der Waals surface area contributed by atoms with E-state index in [1.807, 2.05) is 6.92 Å². The molecule has 0 radical (unpaired) electrons. The molecule has 6 heteroatoms. The van der Waals surface area contributed by atoms with Crippen molar-refractivity contribution in [1.82, 2.24) is 0 Å². The van der Waals surface area contributed by atoms with Crippen LogP contribution in [0.4, 0.5) is 0 Å². The van der Waals surface area contributed by atoms with Gasteiger partial charge in [-0.3, -0.25) is 9.59 Å². The lowest BCUT2D eigenvalue weighted by Crippen LogP contribution is -2.27. The zero-order chi connectivity index (χ0) is 16.6. The predicted octanol–water partition coefficient (Wildman–Crippen LogP) is 2.36. The van der Waals surface area contributed by atoms with Crippen molar-refractivity contribution in [2.75, 3.05) is 13.2 Å². The molecule has 1 aromatic carbocycles. The van der Waals surface area contributed by atoms with Gasteiger partial charge in [-0.25, -0.2) is 4.79 Å². The third-order valence-corrected chi connectivity index (χ3v) is 3.27. The largest absolute Gasteiger partial charge is 0.462 e. The number of para-hydroxylation sites is 1. The van der Waals surface area contributed by atoms with Crippen LogP contribution >= 0.6 is 0 Å². The molecule has 1 rings (SSSR count). The van der Waals surface area contributed by atoms with Crippen LogP contribution in [0.1, 0.15) is 37.6 Å². The minimum Gasteiger partial charge on any atom is -0.462 e. The van der Waals surface area contributed by atoms with Crippen molar-refractivity contribution in [3.63, 3.8) is 0 Å². The maximum absolute atomic E-state index is 11.9. The number of ether oxygens (including phenoxy) is 3. The van der Waals surface area contributed by atoms with E-state index in [4.69, 9.17) is 14.2 Å². The maximum atomic E-state index is 11.9. The summed E-state index contributed by atoms with van der Waals surface area (Å²) in [4.78, 5) is 34.0. The molecule has 0 amide bonds. The van der Waals surface area contributed by atoms with E-state index in [1.54, 1.807) is 26.0 Å². The SMILES string of the molecule is CCC(C)(C)C(=O)OCCOC(=O)c1ccccc1OC=O. The minimum absolute atomic E-state index is 0.0231. The minimum atomic E-state index is -0.650. The molecule has 6 nitrogen and oxygen atoms in total. The molecule has 0 saturated heterocycles. The Bertz CT molecular complexity index is 535. The van der Waals surface area contributed by atoms with E-state index in [1.165, 1.54) is 12.1 Å². The quantitative estimate of drug-likeness (QED) is 0.417. The fourth-order valence-corrected chi connectivity index (χ4v) is 1.48. The Morgan fingerprint density at radius 2 is 1.77 bits per heavy atom. The van der Waals surface area contributed by atoms with Gasteiger partial charge in [0.15, 0.2) is 0 Å². The molecule has 0 aliphatic carbocycles. The van der Waals surface area contributed by atoms with Crippen molar-refractivity contribution in [2.24, 2.45) is 5.41 Å². The molecule has 0 atom stereocenters. The second-order valence-corrected chi connectivity index (χ2v) is 5.22. The van der Waals surface area contributed by atoms with Crippen LogP contribution in [0.2, 0.25) is 0 Å². The Kier molecular flexibility index (Phi) is 6.56. The molecule has 0 N–H and O–H groups in total. The molecule has 0 saturated carbocycles. The summed E-state index contributed by atoms with van der Waals surface area (Å²) < 4.78 is 14.8. The average Bonchev–Trinajstić information content (AvgIpc) is 2.51. The van der Waals surface area contributed by atoms with Gasteiger partial charge >= 0.3 is 11.9 Å². The van der Waals surface area contributed by atoms with Gasteiger partial charge in [0.05, 0.1) is 5.41 Å². The summed E-state index contributed by atoms with van der Waals surface area (Å²) in [6.07, 6.45) is 0.655. The van der Waals surface area contributed by atoms with Gasteiger partial charge < -0.3 is 14.2 Å². The molecular formula is C16H20O6. The van der Waals surface area contributed by atoms with Crippen molar-refractivity contribution in [3.8, 4) is 5.75 Å². The van der Waals surface area contributed by atoms with E-state index in [-0.39, 0.29) is 37.0 Å². The van der Waals surface area contributed by atoms with Gasteiger partial charge in [-0.1, -0.05) is 19.1 Å². The Morgan fingerprint density at radius 1 is 1.14 bits per heavy atom. The van der Waals surface area contributed by atoms with Gasteiger partial charge in [-0.15, -0.1) is 0 Å². The molecule has 0 aliphatic heterocycles. The highest BCUT2D eigenvalue weighted by Gasteiger charge is 2.27. The Labute approximate surface area is 129 Å². The van der Waals surface area contributed by atoms with Crippen LogP contribution in [0.25, 0.3) is 0 Å². The van der Waals surface area contributed by atoms with Gasteiger partial charge in [0.25, 0.3) is 6.47 Å². The van der Waals surface area contributed by atoms with Gasteiger partial charge in [-0.2, -0.15) is 0 Å². The molecule has 0 heterocycles. The normalized spacial score (nSPS) is 10.7. The van der Waals surface area contributed by atoms with Crippen LogP contribution in [-0.2, 0) is 19.1 Å². The number of carbonyl (C=O) groups excluding carboxylic acids is 3. The number of carbonyl (C=O) groups is 3. The smallest absolute Gasteiger partial charge is 0.342 e. The number of hydrogen-bond donors (Lipinski definition) is 0. The van der Waals surface area contributed by atoms with Crippen molar-refractivity contribution in [3.05, 3.63) is 29.8 Å². The molecule has 0 aromatic heterocycles. The lowest BCUT2D eigenvalue weighted by atomic mass is 9.91. The third-order valence-electron chi connectivity index (χ3n) is 3.27. The summed E-state index contributed by atoms with van der Waals surface area (Å²) in [6, 6.07) is 6.21. The van der Waals surface area contributed by atoms with Crippen LogP contribution in [0.5, 0.6) is 5.75 Å². The van der Waals surface area contributed by atoms with Crippen LogP contribution in [0.15, 0.2) is 24.3 Å². The molecule has 0 spiro atoms. The predicted molar refractivity (Wildman–Crippen MR) is 78.4 cm³/mol. The third kappa shape index (κ3) is 4.87. The molecule has 0 fully saturated rings. The zero-order valence-corrected chi connectivity index (χ0v) is 13.0. The van der Waals surface area contributed by atoms with E-state index in [2.05, 4.69) is 0 Å². The molecule has 0 unspecified atom stereocenters. The summed E-state index contributed by atoms with van der Waals surface area (Å²) in [6.45, 7) is 5.61. The van der Waals surface area contributed by atoms with E-state index < -0.39 is 11.4 Å². The fourth-order valence-electron chi connectivity index (χ4n) is 1.48. The summed E-state index contributed by atoms with van der Waals surface area (Å²) in [5, 5.41) is 0. The van der Waals surface area contributed by atoms with E-state index in [0.29, 0.717) is 6.42 Å². The van der Waals surface area contributed by atoms with Crippen LogP contribution < -0.4 is 4.74 Å². The zero-order valence-electron chi connectivity index (χ0n) is 13.0. The van der Waals surface area contributed by atoms with Crippen molar-refractivity contribution < 1.29 is 28.6 Å². The topological polar surface area (TPSA) is 78.9 Å². The molecule has 0 aliphatic rings. The first-order chi connectivity index (χ1) is 10.4. The molecular weight excluding hydrogens is 288 g/mol. The Balaban J connectivity index is 2.48. The van der Waals surface area contributed by atoms with Crippen molar-refractivity contribution in [1.29, 1.82) is 0 Å². The van der Waals surface area contributed by atoms with Gasteiger partial charge in [-0.05, 0) is 32.4 Å². The Hall–Kier alpha value is -2.37. The van der Waals surface area contributed by atoms with Crippen LogP contribution in [0, 0.1) is 5.41 Å². The van der Waals surface area contributed by atoms with Gasteiger partial charge in [0.1, 0.15) is 24.5 Å². The standard InChI is InChI=1S/C16H20O6/c1-4-16(2,3)15(19)21-10-9-20-14(18)12-7-5-6-8-13(12)22-11-17/h5-8,11H,4,9-10H2,1-3H3. The first-order valence-corrected chi connectivity index (χ1v) is 6.96. The van der Waals surface area contributed by atoms with Crippen LogP contribution in [-0.4, -0.2) is 31.6 Å². The van der Waals surface area contributed by atoms with Crippen LogP contribution in [0.3, 0.4) is 0 Å². The number of hydrogen-bond acceptors (Lipinski definition) is 6. The van der Waals surface area contributed by atoms with E-state index in [0.717, 1.165) is 0 Å². The van der Waals surface area contributed by atoms with E-state index >= 15 is 0 Å². The summed E-state index contributed by atoms with van der Waals surface area (Å²) in [5.74, 6) is -0.870.